The van der Waals surface area contributed by atoms with Crippen molar-refractivity contribution in [2.45, 2.75) is 360 Å². The number of aliphatic hydroxyl groups excluding tert-OH is 1. The van der Waals surface area contributed by atoms with Gasteiger partial charge in [0.1, 0.15) is 13.2 Å². The van der Waals surface area contributed by atoms with Crippen LogP contribution in [-0.2, 0) is 18.4 Å². The third-order valence-electron chi connectivity index (χ3n) is 15.3. The van der Waals surface area contributed by atoms with Crippen molar-refractivity contribution in [3.8, 4) is 0 Å². The van der Waals surface area contributed by atoms with Gasteiger partial charge in [0.15, 0.2) is 0 Å². The van der Waals surface area contributed by atoms with Crippen LogP contribution >= 0.6 is 7.82 Å². The highest BCUT2D eigenvalue weighted by molar-refractivity contribution is 7.45. The second-order valence-electron chi connectivity index (χ2n) is 23.8. The zero-order valence-electron chi connectivity index (χ0n) is 49.4. The zero-order valence-corrected chi connectivity index (χ0v) is 50.3. The monoisotopic (exact) mass is 1040 g/mol. The molecule has 72 heavy (non-hydrogen) atoms. The molecule has 0 aromatic rings. The van der Waals surface area contributed by atoms with Crippen molar-refractivity contribution >= 4 is 13.7 Å². The summed E-state index contributed by atoms with van der Waals surface area (Å²) in [6.45, 7) is 4.79. The van der Waals surface area contributed by atoms with Gasteiger partial charge < -0.3 is 28.8 Å². The molecule has 0 spiro atoms. The molecule has 1 amide bonds. The molecular formula is C63H129N2O6P. The molecule has 0 aliphatic carbocycles. The molecule has 0 aromatic heterocycles. The van der Waals surface area contributed by atoms with E-state index in [9.17, 15) is 19.4 Å². The Morgan fingerprint density at radius 3 is 0.944 bits per heavy atom. The molecule has 432 valence electrons. The Morgan fingerprint density at radius 1 is 0.431 bits per heavy atom. The largest absolute Gasteiger partial charge is 0.756 e. The number of hydrogen-bond donors (Lipinski definition) is 2. The lowest BCUT2D eigenvalue weighted by molar-refractivity contribution is -0.870. The molecule has 3 atom stereocenters. The number of quaternary nitrogens is 1. The number of phosphoric ester groups is 1. The van der Waals surface area contributed by atoms with Crippen LogP contribution in [0.1, 0.15) is 348 Å². The van der Waals surface area contributed by atoms with E-state index in [2.05, 4.69) is 19.2 Å². The molecule has 0 radical (unpaired) electrons. The summed E-state index contributed by atoms with van der Waals surface area (Å²) in [4.78, 5) is 25.6. The standard InChI is InChI=1S/C63H129N2O6P/c1-6-8-10-12-14-16-18-20-22-24-26-28-30-32-33-35-37-39-41-43-45-47-49-51-53-55-57-63(67)64-61(60-71-72(68,69)70-59-58-65(3,4)5)62(66)56-54-52-50-48-46-44-42-40-38-36-34-31-29-27-25-23-21-19-17-15-13-11-9-7-2/h61-62,66H,6-60H2,1-5H3,(H-,64,67,68,69). The van der Waals surface area contributed by atoms with Gasteiger partial charge in [-0.05, 0) is 12.8 Å². The van der Waals surface area contributed by atoms with Crippen LogP contribution in [0.15, 0.2) is 0 Å². The second kappa shape index (κ2) is 55.3. The van der Waals surface area contributed by atoms with E-state index in [4.69, 9.17) is 9.05 Å². The molecule has 2 N–H and O–H groups in total. The third kappa shape index (κ3) is 57.2. The fourth-order valence-electron chi connectivity index (χ4n) is 10.3. The summed E-state index contributed by atoms with van der Waals surface area (Å²) >= 11 is 0. The van der Waals surface area contributed by atoms with E-state index < -0.39 is 20.0 Å². The summed E-state index contributed by atoms with van der Waals surface area (Å²) < 4.78 is 23.5. The van der Waals surface area contributed by atoms with Crippen LogP contribution in [0.3, 0.4) is 0 Å². The number of aliphatic hydroxyl groups is 1. The smallest absolute Gasteiger partial charge is 0.268 e. The van der Waals surface area contributed by atoms with Crippen molar-refractivity contribution in [1.29, 1.82) is 0 Å². The third-order valence-corrected chi connectivity index (χ3v) is 16.3. The van der Waals surface area contributed by atoms with Gasteiger partial charge in [-0.2, -0.15) is 0 Å². The number of amides is 1. The Hall–Kier alpha value is -0.500. The molecular weight excluding hydrogens is 912 g/mol. The lowest BCUT2D eigenvalue weighted by Gasteiger charge is -2.30. The molecule has 0 saturated heterocycles. The highest BCUT2D eigenvalue weighted by Gasteiger charge is 2.24. The first kappa shape index (κ1) is 71.5. The predicted octanol–water partition coefficient (Wildman–Crippen LogP) is 19.4. The van der Waals surface area contributed by atoms with Gasteiger partial charge in [0.05, 0.1) is 39.9 Å². The van der Waals surface area contributed by atoms with Crippen LogP contribution < -0.4 is 10.2 Å². The molecule has 0 saturated carbocycles. The van der Waals surface area contributed by atoms with Gasteiger partial charge in [0.25, 0.3) is 7.82 Å². The Morgan fingerprint density at radius 2 is 0.681 bits per heavy atom. The van der Waals surface area contributed by atoms with Crippen LogP contribution in [0.5, 0.6) is 0 Å². The highest BCUT2D eigenvalue weighted by Crippen LogP contribution is 2.38. The van der Waals surface area contributed by atoms with Gasteiger partial charge in [0, 0.05) is 6.42 Å². The van der Waals surface area contributed by atoms with Gasteiger partial charge in [-0.3, -0.25) is 9.36 Å². The van der Waals surface area contributed by atoms with Crippen LogP contribution in [0.4, 0.5) is 0 Å². The van der Waals surface area contributed by atoms with E-state index >= 15 is 0 Å². The molecule has 0 fully saturated rings. The molecule has 0 bridgehead atoms. The summed E-state index contributed by atoms with van der Waals surface area (Å²) in [5.74, 6) is -0.154. The first-order valence-electron chi connectivity index (χ1n) is 32.4. The van der Waals surface area contributed by atoms with Crippen LogP contribution in [0, 0.1) is 0 Å². The number of likely N-dealkylation sites (N-methyl/N-ethyl adjacent to an activating group) is 1. The normalized spacial score (nSPS) is 13.7. The van der Waals surface area contributed by atoms with Crippen molar-refractivity contribution < 1.29 is 32.9 Å². The van der Waals surface area contributed by atoms with E-state index in [-0.39, 0.29) is 19.1 Å². The topological polar surface area (TPSA) is 108 Å². The number of rotatable bonds is 61. The molecule has 9 heteroatoms. The van der Waals surface area contributed by atoms with E-state index in [0.717, 1.165) is 38.5 Å². The maximum atomic E-state index is 13.0. The first-order valence-corrected chi connectivity index (χ1v) is 33.8. The Kier molecular flexibility index (Phi) is 54.9. The number of nitrogens with zero attached hydrogens (tertiary/aromatic N) is 1. The summed E-state index contributed by atoms with van der Waals surface area (Å²) in [7, 11) is 1.33. The van der Waals surface area contributed by atoms with Gasteiger partial charge in [-0.25, -0.2) is 0 Å². The van der Waals surface area contributed by atoms with Crippen molar-refractivity contribution in [1.82, 2.24) is 5.32 Å². The van der Waals surface area contributed by atoms with Gasteiger partial charge in [-0.15, -0.1) is 0 Å². The zero-order chi connectivity index (χ0) is 52.7. The average molecular weight is 1040 g/mol. The molecule has 0 rings (SSSR count). The molecule has 0 aliphatic rings. The Labute approximate surface area is 450 Å². The maximum absolute atomic E-state index is 13.0. The summed E-state index contributed by atoms with van der Waals surface area (Å²) in [6.07, 6.45) is 67.3. The fraction of sp³-hybridized carbons (Fsp3) is 0.984. The Bertz CT molecular complexity index is 1140. The fourth-order valence-corrected chi connectivity index (χ4v) is 11.0. The predicted molar refractivity (Wildman–Crippen MR) is 312 cm³/mol. The minimum absolute atomic E-state index is 0.0169. The summed E-state index contributed by atoms with van der Waals surface area (Å²) in [5.41, 5.74) is 0. The Balaban J connectivity index is 4.04. The van der Waals surface area contributed by atoms with Gasteiger partial charge in [-0.1, -0.05) is 328 Å². The molecule has 0 heterocycles. The number of unbranched alkanes of at least 4 members (excludes halogenated alkanes) is 48. The number of nitrogens with one attached hydrogen (secondary N) is 1. The molecule has 8 nitrogen and oxygen atoms in total. The number of carbonyl (C=O) groups is 1. The van der Waals surface area contributed by atoms with Gasteiger partial charge >= 0.3 is 0 Å². The number of carbonyl (C=O) groups excluding carboxylic acids is 1. The maximum Gasteiger partial charge on any atom is 0.268 e. The first-order chi connectivity index (χ1) is 35.0. The average Bonchev–Trinajstić information content (AvgIpc) is 3.34. The molecule has 0 aromatic carbocycles. The lowest BCUT2D eigenvalue weighted by atomic mass is 10.0. The van der Waals surface area contributed by atoms with Crippen molar-refractivity contribution in [3.05, 3.63) is 0 Å². The van der Waals surface area contributed by atoms with Crippen molar-refractivity contribution in [2.75, 3.05) is 40.9 Å². The van der Waals surface area contributed by atoms with E-state index in [1.54, 1.807) is 0 Å². The van der Waals surface area contributed by atoms with Crippen LogP contribution in [-0.4, -0.2) is 68.5 Å². The quantitative estimate of drug-likeness (QED) is 0.0357. The molecule has 3 unspecified atom stereocenters. The number of hydrogen-bond acceptors (Lipinski definition) is 6. The van der Waals surface area contributed by atoms with E-state index in [1.807, 2.05) is 21.1 Å². The van der Waals surface area contributed by atoms with Gasteiger partial charge in [0.2, 0.25) is 5.91 Å². The molecule has 0 aliphatic heterocycles. The lowest BCUT2D eigenvalue weighted by Crippen LogP contribution is -2.46. The van der Waals surface area contributed by atoms with Crippen molar-refractivity contribution in [3.63, 3.8) is 0 Å². The minimum Gasteiger partial charge on any atom is -0.756 e. The van der Waals surface area contributed by atoms with Crippen LogP contribution in [0.2, 0.25) is 0 Å². The van der Waals surface area contributed by atoms with Crippen LogP contribution in [0.25, 0.3) is 0 Å². The highest BCUT2D eigenvalue weighted by atomic mass is 31.2. The number of phosphoric acid groups is 1. The van der Waals surface area contributed by atoms with Crippen molar-refractivity contribution in [2.24, 2.45) is 0 Å². The second-order valence-corrected chi connectivity index (χ2v) is 25.3. The minimum atomic E-state index is -4.57. The summed E-state index contributed by atoms with van der Waals surface area (Å²) in [6, 6.07) is -0.796. The summed E-state index contributed by atoms with van der Waals surface area (Å²) in [5, 5.41) is 14.1. The van der Waals surface area contributed by atoms with E-state index in [0.29, 0.717) is 23.9 Å². The SMILES string of the molecule is CCCCCCCCCCCCCCCCCCCCCCCCCCCCC(=O)NC(COP(=O)([O-])OCC[N+](C)(C)C)C(O)CCCCCCCCCCCCCCCCCCCCCCCCCC. The van der Waals surface area contributed by atoms with E-state index in [1.165, 1.54) is 283 Å².